The second-order valence-electron chi connectivity index (χ2n) is 10.5. The van der Waals surface area contributed by atoms with Crippen LogP contribution >= 0.6 is 11.8 Å². The highest BCUT2D eigenvalue weighted by molar-refractivity contribution is 7.99. The minimum Gasteiger partial charge on any atom is -0.486 e. The summed E-state index contributed by atoms with van der Waals surface area (Å²) in [5.74, 6) is 2.56. The molecule has 2 aromatic rings. The average molecular weight is 515 g/mol. The summed E-state index contributed by atoms with van der Waals surface area (Å²) in [6.07, 6.45) is 6.45. The maximum atomic E-state index is 10.1. The van der Waals surface area contributed by atoms with Crippen molar-refractivity contribution in [1.29, 1.82) is 0 Å². The van der Waals surface area contributed by atoms with Crippen molar-refractivity contribution in [1.82, 2.24) is 15.0 Å². The molecule has 4 N–H and O–H groups in total. The minimum absolute atomic E-state index is 0.0322. The predicted molar refractivity (Wildman–Crippen MR) is 135 cm³/mol. The third kappa shape index (κ3) is 4.10. The lowest BCUT2D eigenvalue weighted by molar-refractivity contribution is 0.0973. The Balaban J connectivity index is 1.19. The fraction of sp³-hybridized carbons (Fsp3) is 0.640. The van der Waals surface area contributed by atoms with E-state index >= 15 is 0 Å². The molecule has 6 heterocycles. The molecule has 0 saturated carbocycles. The molecule has 0 amide bonds. The summed E-state index contributed by atoms with van der Waals surface area (Å²) in [6, 6.07) is 2.23. The van der Waals surface area contributed by atoms with Gasteiger partial charge in [0.1, 0.15) is 17.3 Å². The molecule has 1 spiro atoms. The Morgan fingerprint density at radius 1 is 1.22 bits per heavy atom. The summed E-state index contributed by atoms with van der Waals surface area (Å²) >= 11 is 1.47. The van der Waals surface area contributed by atoms with Crippen molar-refractivity contribution in [3.63, 3.8) is 0 Å². The first-order valence-electron chi connectivity index (χ1n) is 12.8. The molecule has 0 bridgehead atoms. The highest BCUT2D eigenvalue weighted by atomic mass is 32.2. The van der Waals surface area contributed by atoms with Gasteiger partial charge in [-0.1, -0.05) is 11.8 Å². The van der Waals surface area contributed by atoms with Crippen LogP contribution in [0.1, 0.15) is 31.9 Å². The van der Waals surface area contributed by atoms with Gasteiger partial charge in [0.25, 0.3) is 0 Å². The van der Waals surface area contributed by atoms with Crippen LogP contribution in [0.4, 0.5) is 11.6 Å². The molecule has 194 valence electrons. The number of hydrogen-bond acceptors (Lipinski definition) is 11. The van der Waals surface area contributed by atoms with E-state index in [9.17, 15) is 10.2 Å². The molecule has 6 rings (SSSR count). The van der Waals surface area contributed by atoms with Crippen LogP contribution in [0.3, 0.4) is 0 Å². The summed E-state index contributed by atoms with van der Waals surface area (Å²) in [5, 5.41) is 20.4. The maximum Gasteiger partial charge on any atom is 0.175 e. The van der Waals surface area contributed by atoms with Gasteiger partial charge in [-0.15, -0.1) is 0 Å². The van der Waals surface area contributed by atoms with E-state index in [2.05, 4.69) is 21.7 Å². The molecule has 0 aliphatic carbocycles. The lowest BCUT2D eigenvalue weighted by Crippen LogP contribution is -2.51. The van der Waals surface area contributed by atoms with Crippen LogP contribution in [0.2, 0.25) is 0 Å². The minimum atomic E-state index is -0.180. The number of nitrogens with two attached hydrogens (primary N) is 1. The van der Waals surface area contributed by atoms with Crippen molar-refractivity contribution in [2.45, 2.75) is 60.9 Å². The Labute approximate surface area is 215 Å². The number of rotatable bonds is 5. The molecule has 11 heteroatoms. The first kappa shape index (κ1) is 24.2. The van der Waals surface area contributed by atoms with Gasteiger partial charge in [0, 0.05) is 49.8 Å². The van der Waals surface area contributed by atoms with Gasteiger partial charge in [0.2, 0.25) is 0 Å². The molecule has 0 radical (unpaired) electrons. The van der Waals surface area contributed by atoms with Gasteiger partial charge in [0.05, 0.1) is 36.5 Å². The summed E-state index contributed by atoms with van der Waals surface area (Å²) in [5.41, 5.74) is 7.08. The van der Waals surface area contributed by atoms with E-state index in [-0.39, 0.29) is 42.7 Å². The second-order valence-corrected chi connectivity index (χ2v) is 11.6. The number of nitrogens with zero attached hydrogens (tertiary/aromatic N) is 5. The number of aromatic nitrogens is 3. The van der Waals surface area contributed by atoms with Gasteiger partial charge in [-0.3, -0.25) is 0 Å². The van der Waals surface area contributed by atoms with Gasteiger partial charge < -0.3 is 35.2 Å². The molecule has 4 aliphatic heterocycles. The standard InChI is InChI=1S/C25H34N6O4S/c1-15-22(26)25(14-35-15)3-6-30(7-4-25)23-18(12-33)29-20(9-28-23)36-19-2-5-27-24-21(19)34-13-17-8-16(11-32)10-31(17)24/h2,5,9,15-17,22,32-33H,3-4,6-8,10-14,26H2,1H3/t15-,16-,17-,22+/m0/s1. The van der Waals surface area contributed by atoms with E-state index < -0.39 is 0 Å². The van der Waals surface area contributed by atoms with Gasteiger partial charge >= 0.3 is 0 Å². The summed E-state index contributed by atoms with van der Waals surface area (Å²) in [6.45, 7) is 5.77. The van der Waals surface area contributed by atoms with E-state index in [0.717, 1.165) is 61.2 Å². The Hall–Kier alpha value is -2.18. The normalized spacial score (nSPS) is 28.8. The van der Waals surface area contributed by atoms with Crippen molar-refractivity contribution in [3.8, 4) is 5.75 Å². The Bertz CT molecular complexity index is 1110. The second kappa shape index (κ2) is 9.60. The van der Waals surface area contributed by atoms with E-state index in [1.165, 1.54) is 11.8 Å². The molecule has 4 aliphatic rings. The van der Waals surface area contributed by atoms with Crippen LogP contribution in [0.15, 0.2) is 28.4 Å². The zero-order valence-electron chi connectivity index (χ0n) is 20.5. The number of fused-ring (bicyclic) bond motifs is 3. The molecule has 0 unspecified atom stereocenters. The van der Waals surface area contributed by atoms with Crippen molar-refractivity contribution in [2.75, 3.05) is 49.3 Å². The van der Waals surface area contributed by atoms with Crippen LogP contribution in [0, 0.1) is 11.3 Å². The quantitative estimate of drug-likeness (QED) is 0.536. The Kier molecular flexibility index (Phi) is 6.45. The number of pyridine rings is 1. The molecule has 36 heavy (non-hydrogen) atoms. The Morgan fingerprint density at radius 2 is 2.06 bits per heavy atom. The van der Waals surface area contributed by atoms with E-state index in [4.69, 9.17) is 25.2 Å². The smallest absolute Gasteiger partial charge is 0.175 e. The number of anilines is 2. The lowest BCUT2D eigenvalue weighted by atomic mass is 9.73. The SMILES string of the molecule is C[C@@H]1OCC2(CCN(c3ncc(Sc4ccnc5c4OC[C@@H]4C[C@H](CO)CN54)nc3CO)CC2)[C@@H]1N. The summed E-state index contributed by atoms with van der Waals surface area (Å²) in [4.78, 5) is 19.4. The third-order valence-electron chi connectivity index (χ3n) is 8.37. The van der Waals surface area contributed by atoms with Gasteiger partial charge in [-0.25, -0.2) is 15.0 Å². The predicted octanol–water partition coefficient (Wildman–Crippen LogP) is 1.43. The Morgan fingerprint density at radius 3 is 2.78 bits per heavy atom. The van der Waals surface area contributed by atoms with Crippen LogP contribution in [-0.2, 0) is 11.3 Å². The van der Waals surface area contributed by atoms with Crippen molar-refractivity contribution in [3.05, 3.63) is 24.2 Å². The first-order chi connectivity index (χ1) is 17.5. The van der Waals surface area contributed by atoms with Crippen LogP contribution in [-0.4, -0.2) is 82.8 Å². The fourth-order valence-corrected chi connectivity index (χ4v) is 7.01. The molecular formula is C25H34N6O4S. The number of aliphatic hydroxyl groups excluding tert-OH is 2. The fourth-order valence-electron chi connectivity index (χ4n) is 6.16. The monoisotopic (exact) mass is 514 g/mol. The van der Waals surface area contributed by atoms with Gasteiger partial charge in [-0.05, 0) is 32.3 Å². The number of piperidine rings is 1. The zero-order valence-corrected chi connectivity index (χ0v) is 21.4. The van der Waals surface area contributed by atoms with E-state index in [1.54, 1.807) is 12.4 Å². The molecule has 2 aromatic heterocycles. The van der Waals surface area contributed by atoms with Crippen molar-refractivity contribution < 1.29 is 19.7 Å². The molecule has 0 aromatic carbocycles. The van der Waals surface area contributed by atoms with Crippen molar-refractivity contribution in [2.24, 2.45) is 17.1 Å². The van der Waals surface area contributed by atoms with E-state index in [1.807, 2.05) is 6.07 Å². The lowest BCUT2D eigenvalue weighted by Gasteiger charge is -2.41. The molecule has 3 saturated heterocycles. The first-order valence-corrected chi connectivity index (χ1v) is 13.6. The zero-order chi connectivity index (χ0) is 24.9. The van der Waals surface area contributed by atoms with Crippen LogP contribution in [0.5, 0.6) is 5.75 Å². The topological polar surface area (TPSA) is 130 Å². The highest BCUT2D eigenvalue weighted by Gasteiger charge is 2.47. The maximum absolute atomic E-state index is 10.1. The molecule has 4 atom stereocenters. The van der Waals surface area contributed by atoms with Crippen molar-refractivity contribution >= 4 is 23.4 Å². The van der Waals surface area contributed by atoms with Gasteiger partial charge in [0.15, 0.2) is 17.4 Å². The number of aliphatic hydroxyl groups is 2. The molecule has 10 nitrogen and oxygen atoms in total. The van der Waals surface area contributed by atoms with Gasteiger partial charge in [-0.2, -0.15) is 0 Å². The number of ether oxygens (including phenoxy) is 2. The molecule has 3 fully saturated rings. The summed E-state index contributed by atoms with van der Waals surface area (Å²) in [7, 11) is 0. The summed E-state index contributed by atoms with van der Waals surface area (Å²) < 4.78 is 12.0. The third-order valence-corrected chi connectivity index (χ3v) is 9.32. The number of hydrogen-bond donors (Lipinski definition) is 3. The van der Waals surface area contributed by atoms with Crippen LogP contribution < -0.4 is 20.3 Å². The van der Waals surface area contributed by atoms with E-state index in [0.29, 0.717) is 23.9 Å². The van der Waals surface area contributed by atoms with Crippen LogP contribution in [0.25, 0.3) is 0 Å². The highest BCUT2D eigenvalue weighted by Crippen LogP contribution is 2.45. The molecular weight excluding hydrogens is 480 g/mol. The largest absolute Gasteiger partial charge is 0.486 e. The average Bonchev–Trinajstić information content (AvgIpc) is 3.46.